The minimum Gasteiger partial charge on any atom is -0.478 e. The summed E-state index contributed by atoms with van der Waals surface area (Å²) in [4.78, 5) is 22.8. The number of carboxylic acid groups (broad SMARTS) is 1. The van der Waals surface area contributed by atoms with E-state index in [-0.39, 0.29) is 11.5 Å². The van der Waals surface area contributed by atoms with Crippen molar-refractivity contribution < 1.29 is 14.7 Å². The van der Waals surface area contributed by atoms with Crippen LogP contribution >= 0.6 is 27.5 Å². The average Bonchev–Trinajstić information content (AvgIpc) is 2.42. The third kappa shape index (κ3) is 3.37. The van der Waals surface area contributed by atoms with Crippen molar-refractivity contribution in [2.24, 2.45) is 0 Å². The molecule has 2 aromatic rings. The second-order valence-corrected chi connectivity index (χ2v) is 5.28. The minimum absolute atomic E-state index is 0.156. The SMILES string of the molecule is O=C(O)c1ccc(NC(=O)c2cc(Br)ccc2Cl)cc1. The summed E-state index contributed by atoms with van der Waals surface area (Å²) in [6, 6.07) is 10.8. The molecule has 4 nitrogen and oxygen atoms in total. The molecule has 0 aromatic heterocycles. The van der Waals surface area contributed by atoms with Gasteiger partial charge in [0.25, 0.3) is 5.91 Å². The molecule has 0 fully saturated rings. The first-order chi connectivity index (χ1) is 9.47. The van der Waals surface area contributed by atoms with Crippen LogP contribution in [0.5, 0.6) is 0 Å². The number of halogens is 2. The maximum atomic E-state index is 12.1. The summed E-state index contributed by atoms with van der Waals surface area (Å²) in [5.74, 6) is -1.38. The standard InChI is InChI=1S/C14H9BrClNO3/c15-9-3-6-12(16)11(7-9)13(18)17-10-4-1-8(2-5-10)14(19)20/h1-7H,(H,17,18)(H,19,20). The van der Waals surface area contributed by atoms with Gasteiger partial charge in [0, 0.05) is 10.2 Å². The number of anilines is 1. The minimum atomic E-state index is -1.02. The Morgan fingerprint density at radius 3 is 2.35 bits per heavy atom. The van der Waals surface area contributed by atoms with Crippen molar-refractivity contribution in [1.29, 1.82) is 0 Å². The third-order valence-corrected chi connectivity index (χ3v) is 3.39. The van der Waals surface area contributed by atoms with Gasteiger partial charge in [0.2, 0.25) is 0 Å². The van der Waals surface area contributed by atoms with Crippen LogP contribution in [0, 0.1) is 0 Å². The topological polar surface area (TPSA) is 66.4 Å². The molecule has 0 bridgehead atoms. The molecular formula is C14H9BrClNO3. The van der Waals surface area contributed by atoms with Crippen molar-refractivity contribution in [2.75, 3.05) is 5.32 Å². The molecule has 0 aliphatic rings. The molecule has 0 saturated carbocycles. The Morgan fingerprint density at radius 1 is 1.10 bits per heavy atom. The first kappa shape index (κ1) is 14.6. The highest BCUT2D eigenvalue weighted by Gasteiger charge is 2.11. The Labute approximate surface area is 128 Å². The van der Waals surface area contributed by atoms with Crippen LogP contribution in [-0.2, 0) is 0 Å². The van der Waals surface area contributed by atoms with E-state index in [1.807, 2.05) is 0 Å². The van der Waals surface area contributed by atoms with Crippen LogP contribution in [-0.4, -0.2) is 17.0 Å². The van der Waals surface area contributed by atoms with Gasteiger partial charge in [-0.1, -0.05) is 27.5 Å². The van der Waals surface area contributed by atoms with Crippen molar-refractivity contribution in [3.63, 3.8) is 0 Å². The van der Waals surface area contributed by atoms with E-state index in [0.717, 1.165) is 4.47 Å². The van der Waals surface area contributed by atoms with Crippen LogP contribution in [0.4, 0.5) is 5.69 Å². The van der Waals surface area contributed by atoms with E-state index in [0.29, 0.717) is 16.3 Å². The molecule has 0 heterocycles. The molecule has 6 heteroatoms. The van der Waals surface area contributed by atoms with Gasteiger partial charge in [0.05, 0.1) is 16.1 Å². The fraction of sp³-hybridized carbons (Fsp3) is 0. The second kappa shape index (κ2) is 6.07. The molecule has 0 radical (unpaired) electrons. The molecule has 0 aliphatic heterocycles. The van der Waals surface area contributed by atoms with Gasteiger partial charge in [-0.2, -0.15) is 0 Å². The molecule has 0 aliphatic carbocycles. The lowest BCUT2D eigenvalue weighted by molar-refractivity contribution is 0.0696. The zero-order valence-electron chi connectivity index (χ0n) is 10.1. The number of nitrogens with one attached hydrogen (secondary N) is 1. The van der Waals surface area contributed by atoms with Crippen LogP contribution in [0.15, 0.2) is 46.9 Å². The van der Waals surface area contributed by atoms with E-state index in [1.165, 1.54) is 24.3 Å². The summed E-state index contributed by atoms with van der Waals surface area (Å²) in [5, 5.41) is 11.8. The first-order valence-corrected chi connectivity index (χ1v) is 6.74. The van der Waals surface area contributed by atoms with Gasteiger partial charge < -0.3 is 10.4 Å². The molecule has 102 valence electrons. The first-order valence-electron chi connectivity index (χ1n) is 5.57. The summed E-state index contributed by atoms with van der Waals surface area (Å²) in [7, 11) is 0. The van der Waals surface area contributed by atoms with Crippen molar-refractivity contribution in [1.82, 2.24) is 0 Å². The molecular weight excluding hydrogens is 346 g/mol. The van der Waals surface area contributed by atoms with Gasteiger partial charge in [-0.25, -0.2) is 4.79 Å². The van der Waals surface area contributed by atoms with Crippen LogP contribution in [0.2, 0.25) is 5.02 Å². The number of amides is 1. The van der Waals surface area contributed by atoms with Crippen LogP contribution < -0.4 is 5.32 Å². The van der Waals surface area contributed by atoms with Crippen LogP contribution in [0.1, 0.15) is 20.7 Å². The van der Waals surface area contributed by atoms with Gasteiger partial charge in [-0.3, -0.25) is 4.79 Å². The van der Waals surface area contributed by atoms with E-state index in [2.05, 4.69) is 21.2 Å². The predicted octanol–water partition coefficient (Wildman–Crippen LogP) is 4.05. The maximum absolute atomic E-state index is 12.1. The molecule has 2 rings (SSSR count). The molecule has 0 unspecified atom stereocenters. The number of hydrogen-bond donors (Lipinski definition) is 2. The monoisotopic (exact) mass is 353 g/mol. The number of carboxylic acids is 1. The van der Waals surface area contributed by atoms with Gasteiger partial charge in [0.1, 0.15) is 0 Å². The van der Waals surface area contributed by atoms with E-state index < -0.39 is 5.97 Å². The van der Waals surface area contributed by atoms with E-state index >= 15 is 0 Å². The zero-order valence-corrected chi connectivity index (χ0v) is 12.4. The largest absolute Gasteiger partial charge is 0.478 e. The molecule has 1 amide bonds. The summed E-state index contributed by atoms with van der Waals surface area (Å²) < 4.78 is 0.744. The number of hydrogen-bond acceptors (Lipinski definition) is 2. The third-order valence-electron chi connectivity index (χ3n) is 2.56. The molecule has 0 atom stereocenters. The smallest absolute Gasteiger partial charge is 0.335 e. The van der Waals surface area contributed by atoms with Gasteiger partial charge >= 0.3 is 5.97 Å². The number of carbonyl (C=O) groups is 2. The molecule has 0 spiro atoms. The van der Waals surface area contributed by atoms with Gasteiger partial charge in [-0.15, -0.1) is 0 Å². The molecule has 0 saturated heterocycles. The highest BCUT2D eigenvalue weighted by atomic mass is 79.9. The van der Waals surface area contributed by atoms with E-state index in [1.54, 1.807) is 18.2 Å². The fourth-order valence-corrected chi connectivity index (χ4v) is 2.13. The second-order valence-electron chi connectivity index (χ2n) is 3.96. The summed E-state index contributed by atoms with van der Waals surface area (Å²) in [6.45, 7) is 0. The lowest BCUT2D eigenvalue weighted by Gasteiger charge is -2.07. The fourth-order valence-electron chi connectivity index (χ4n) is 1.57. The Kier molecular flexibility index (Phi) is 4.42. The Bertz CT molecular complexity index is 671. The zero-order chi connectivity index (χ0) is 14.7. The number of benzene rings is 2. The lowest BCUT2D eigenvalue weighted by Crippen LogP contribution is -2.12. The van der Waals surface area contributed by atoms with Gasteiger partial charge in [-0.05, 0) is 42.5 Å². The quantitative estimate of drug-likeness (QED) is 0.874. The predicted molar refractivity (Wildman–Crippen MR) is 80.5 cm³/mol. The summed E-state index contributed by atoms with van der Waals surface area (Å²) in [5.41, 5.74) is 0.989. The Morgan fingerprint density at radius 2 is 1.75 bits per heavy atom. The lowest BCUT2D eigenvalue weighted by atomic mass is 10.2. The van der Waals surface area contributed by atoms with Crippen LogP contribution in [0.25, 0.3) is 0 Å². The highest BCUT2D eigenvalue weighted by molar-refractivity contribution is 9.10. The van der Waals surface area contributed by atoms with E-state index in [4.69, 9.17) is 16.7 Å². The van der Waals surface area contributed by atoms with Gasteiger partial charge in [0.15, 0.2) is 0 Å². The number of aromatic carboxylic acids is 1. The molecule has 2 N–H and O–H groups in total. The normalized spacial score (nSPS) is 10.1. The van der Waals surface area contributed by atoms with Crippen molar-refractivity contribution >= 4 is 45.1 Å². The number of carbonyl (C=O) groups excluding carboxylic acids is 1. The Hall–Kier alpha value is -1.85. The van der Waals surface area contributed by atoms with Crippen molar-refractivity contribution in [2.45, 2.75) is 0 Å². The van der Waals surface area contributed by atoms with Crippen molar-refractivity contribution in [3.8, 4) is 0 Å². The maximum Gasteiger partial charge on any atom is 0.335 e. The molecule has 2 aromatic carbocycles. The van der Waals surface area contributed by atoms with Crippen molar-refractivity contribution in [3.05, 3.63) is 63.1 Å². The highest BCUT2D eigenvalue weighted by Crippen LogP contribution is 2.22. The van der Waals surface area contributed by atoms with Crippen LogP contribution in [0.3, 0.4) is 0 Å². The average molecular weight is 355 g/mol. The Balaban J connectivity index is 2.19. The summed E-state index contributed by atoms with van der Waals surface area (Å²) >= 11 is 9.24. The number of rotatable bonds is 3. The molecule has 20 heavy (non-hydrogen) atoms. The van der Waals surface area contributed by atoms with E-state index in [9.17, 15) is 9.59 Å². The summed E-state index contributed by atoms with van der Waals surface area (Å²) in [6.07, 6.45) is 0.